The van der Waals surface area contributed by atoms with Crippen LogP contribution in [-0.4, -0.2) is 29.9 Å². The Bertz CT molecular complexity index is 971. The summed E-state index contributed by atoms with van der Waals surface area (Å²) in [7, 11) is 3.90. The molecule has 7 heteroatoms. The zero-order valence-electron chi connectivity index (χ0n) is 14.9. The molecular formula is C20H19ClN2O4. The Morgan fingerprint density at radius 1 is 1.04 bits per heavy atom. The van der Waals surface area contributed by atoms with E-state index in [2.05, 4.69) is 0 Å². The molecule has 27 heavy (non-hydrogen) atoms. The van der Waals surface area contributed by atoms with Crippen LogP contribution in [-0.2, 0) is 6.54 Å². The number of hydrogen-bond acceptors (Lipinski definition) is 5. The fourth-order valence-electron chi connectivity index (χ4n) is 2.77. The highest BCUT2D eigenvalue weighted by Crippen LogP contribution is 2.29. The molecule has 0 aliphatic rings. The molecule has 0 N–H and O–H groups in total. The second-order valence-electron chi connectivity index (χ2n) is 6.19. The van der Waals surface area contributed by atoms with Crippen molar-refractivity contribution in [2.24, 2.45) is 0 Å². The minimum Gasteiger partial charge on any atom is -0.423 e. The molecule has 0 fully saturated rings. The summed E-state index contributed by atoms with van der Waals surface area (Å²) in [5, 5.41) is 12.8. The van der Waals surface area contributed by atoms with Crippen LogP contribution in [0.4, 0.5) is 5.69 Å². The summed E-state index contributed by atoms with van der Waals surface area (Å²) in [6, 6.07) is 17.0. The molecular weight excluding hydrogens is 368 g/mol. The average molecular weight is 387 g/mol. The highest BCUT2D eigenvalue weighted by molar-refractivity contribution is 5.93. The summed E-state index contributed by atoms with van der Waals surface area (Å²) in [6.45, 7) is 0.615. The number of esters is 1. The van der Waals surface area contributed by atoms with Gasteiger partial charge >= 0.3 is 5.97 Å². The van der Waals surface area contributed by atoms with Gasteiger partial charge in [0, 0.05) is 24.2 Å². The number of halogens is 1. The Labute approximate surface area is 162 Å². The zero-order chi connectivity index (χ0) is 18.7. The first-order valence-electron chi connectivity index (χ1n) is 8.07. The predicted molar refractivity (Wildman–Crippen MR) is 107 cm³/mol. The van der Waals surface area contributed by atoms with Crippen LogP contribution < -0.4 is 4.74 Å². The van der Waals surface area contributed by atoms with Gasteiger partial charge in [-0.25, -0.2) is 4.79 Å². The Kier molecular flexibility index (Phi) is 6.50. The molecule has 0 bridgehead atoms. The molecule has 0 aliphatic carbocycles. The molecule has 0 aromatic heterocycles. The number of carbonyl (C=O) groups is 1. The van der Waals surface area contributed by atoms with Crippen molar-refractivity contribution in [2.75, 3.05) is 14.1 Å². The van der Waals surface area contributed by atoms with Gasteiger partial charge < -0.3 is 9.64 Å². The fourth-order valence-corrected chi connectivity index (χ4v) is 2.77. The van der Waals surface area contributed by atoms with Gasteiger partial charge in [-0.15, -0.1) is 12.4 Å². The molecule has 0 amide bonds. The maximum Gasteiger partial charge on any atom is 0.343 e. The Morgan fingerprint density at radius 2 is 1.70 bits per heavy atom. The van der Waals surface area contributed by atoms with E-state index in [9.17, 15) is 14.9 Å². The van der Waals surface area contributed by atoms with Crippen molar-refractivity contribution in [3.05, 3.63) is 81.9 Å². The second-order valence-corrected chi connectivity index (χ2v) is 6.19. The largest absolute Gasteiger partial charge is 0.423 e. The van der Waals surface area contributed by atoms with Crippen molar-refractivity contribution in [1.82, 2.24) is 4.90 Å². The van der Waals surface area contributed by atoms with Crippen LogP contribution in [0.5, 0.6) is 5.75 Å². The third-order valence-electron chi connectivity index (χ3n) is 3.99. The molecule has 0 aliphatic heterocycles. The highest BCUT2D eigenvalue weighted by atomic mass is 35.5. The average Bonchev–Trinajstić information content (AvgIpc) is 2.63. The molecule has 0 unspecified atom stereocenters. The summed E-state index contributed by atoms with van der Waals surface area (Å²) in [5.74, 6) is -0.0593. The number of nitro benzene ring substituents is 1. The Morgan fingerprint density at radius 3 is 2.33 bits per heavy atom. The molecule has 3 aromatic rings. The van der Waals surface area contributed by atoms with Crippen LogP contribution in [0.1, 0.15) is 15.9 Å². The van der Waals surface area contributed by atoms with Gasteiger partial charge in [0.05, 0.1) is 10.5 Å². The monoisotopic (exact) mass is 386 g/mol. The van der Waals surface area contributed by atoms with Crippen molar-refractivity contribution in [3.8, 4) is 5.75 Å². The van der Waals surface area contributed by atoms with Crippen molar-refractivity contribution >= 4 is 34.8 Å². The first kappa shape index (κ1) is 20.4. The van der Waals surface area contributed by atoms with Gasteiger partial charge in [-0.1, -0.05) is 30.3 Å². The number of benzene rings is 3. The van der Waals surface area contributed by atoms with E-state index in [0.29, 0.717) is 12.3 Å². The first-order chi connectivity index (χ1) is 12.5. The van der Waals surface area contributed by atoms with Crippen LogP contribution >= 0.6 is 12.4 Å². The minimum atomic E-state index is -0.546. The summed E-state index contributed by atoms with van der Waals surface area (Å²) in [4.78, 5) is 24.7. The number of fused-ring (bicyclic) bond motifs is 1. The molecule has 0 spiro atoms. The highest BCUT2D eigenvalue weighted by Gasteiger charge is 2.16. The van der Waals surface area contributed by atoms with Crippen LogP contribution in [0.2, 0.25) is 0 Å². The van der Waals surface area contributed by atoms with E-state index in [1.165, 1.54) is 24.3 Å². The van der Waals surface area contributed by atoms with E-state index < -0.39 is 10.9 Å². The van der Waals surface area contributed by atoms with Crippen LogP contribution in [0.3, 0.4) is 0 Å². The lowest BCUT2D eigenvalue weighted by Crippen LogP contribution is -2.15. The molecule has 0 saturated carbocycles. The fraction of sp³-hybridized carbons (Fsp3) is 0.150. The van der Waals surface area contributed by atoms with Gasteiger partial charge in [-0.2, -0.15) is 0 Å². The molecule has 0 saturated heterocycles. The SMILES string of the molecule is CN(C)Cc1c(OC(=O)c2ccc([N+](=O)[O-])cc2)ccc2ccccc12.Cl. The van der Waals surface area contributed by atoms with E-state index in [0.717, 1.165) is 16.3 Å². The number of nitro groups is 1. The van der Waals surface area contributed by atoms with Crippen molar-refractivity contribution in [3.63, 3.8) is 0 Å². The van der Waals surface area contributed by atoms with E-state index in [1.807, 2.05) is 49.3 Å². The van der Waals surface area contributed by atoms with E-state index in [1.54, 1.807) is 6.07 Å². The molecule has 140 valence electrons. The maximum atomic E-state index is 12.5. The topological polar surface area (TPSA) is 72.7 Å². The van der Waals surface area contributed by atoms with Crippen molar-refractivity contribution in [2.45, 2.75) is 6.54 Å². The van der Waals surface area contributed by atoms with Gasteiger partial charge in [-0.05, 0) is 43.1 Å². The third-order valence-corrected chi connectivity index (χ3v) is 3.99. The van der Waals surface area contributed by atoms with Gasteiger partial charge in [0.25, 0.3) is 5.69 Å². The lowest BCUT2D eigenvalue weighted by atomic mass is 10.0. The normalized spacial score (nSPS) is 10.5. The number of non-ortho nitro benzene ring substituents is 1. The Hall–Kier alpha value is -2.96. The molecule has 0 heterocycles. The lowest BCUT2D eigenvalue weighted by molar-refractivity contribution is -0.384. The van der Waals surface area contributed by atoms with Crippen molar-refractivity contribution < 1.29 is 14.5 Å². The third kappa shape index (κ3) is 4.61. The quantitative estimate of drug-likeness (QED) is 0.280. The summed E-state index contributed by atoms with van der Waals surface area (Å²) < 4.78 is 5.61. The minimum absolute atomic E-state index is 0. The maximum absolute atomic E-state index is 12.5. The number of ether oxygens (including phenoxy) is 1. The second kappa shape index (κ2) is 8.62. The van der Waals surface area contributed by atoms with Crippen molar-refractivity contribution in [1.29, 1.82) is 0 Å². The van der Waals surface area contributed by atoms with Gasteiger partial charge in [0.1, 0.15) is 5.75 Å². The van der Waals surface area contributed by atoms with Crippen LogP contribution in [0.25, 0.3) is 10.8 Å². The van der Waals surface area contributed by atoms with E-state index in [4.69, 9.17) is 4.74 Å². The molecule has 3 aromatic carbocycles. The molecule has 0 atom stereocenters. The zero-order valence-corrected chi connectivity index (χ0v) is 15.7. The van der Waals surface area contributed by atoms with Gasteiger partial charge in [0.15, 0.2) is 0 Å². The summed E-state index contributed by atoms with van der Waals surface area (Å²) in [6.07, 6.45) is 0. The van der Waals surface area contributed by atoms with Crippen LogP contribution in [0.15, 0.2) is 60.7 Å². The molecule has 0 radical (unpaired) electrons. The van der Waals surface area contributed by atoms with Crippen LogP contribution in [0, 0.1) is 10.1 Å². The van der Waals surface area contributed by atoms with Gasteiger partial charge in [-0.3, -0.25) is 10.1 Å². The number of rotatable bonds is 5. The lowest BCUT2D eigenvalue weighted by Gasteiger charge is -2.16. The Balaban J connectivity index is 0.00000261. The van der Waals surface area contributed by atoms with Gasteiger partial charge in [0.2, 0.25) is 0 Å². The predicted octanol–water partition coefficient (Wildman–Crippen LogP) is 4.45. The van der Waals surface area contributed by atoms with E-state index in [-0.39, 0.29) is 23.7 Å². The summed E-state index contributed by atoms with van der Waals surface area (Å²) in [5.41, 5.74) is 1.11. The molecule has 3 rings (SSSR count). The smallest absolute Gasteiger partial charge is 0.343 e. The van der Waals surface area contributed by atoms with E-state index >= 15 is 0 Å². The standard InChI is InChI=1S/C20H18N2O4.ClH/c1-21(2)13-18-17-6-4-3-5-14(17)9-12-19(18)26-20(23)15-7-10-16(11-8-15)22(24)25;/h3-12H,13H2,1-2H3;1H. The molecule has 6 nitrogen and oxygen atoms in total. The summed E-state index contributed by atoms with van der Waals surface area (Å²) >= 11 is 0. The number of nitrogens with zero attached hydrogens (tertiary/aromatic N) is 2. The first-order valence-corrected chi connectivity index (χ1v) is 8.07. The number of carbonyl (C=O) groups excluding carboxylic acids is 1. The number of hydrogen-bond donors (Lipinski definition) is 0.